The zero-order valence-electron chi connectivity index (χ0n) is 17.3. The van der Waals surface area contributed by atoms with Crippen LogP contribution in [0.25, 0.3) is 0 Å². The standard InChI is InChI=1S/C7H15NO.C7H15N.C6H13N/c1-6-4-8(3)5-7(2)9-6;1-7-3-5-8(2)6-4-7;1-7-5-3-2-4-6-7/h6-7H,4-5H2,1-3H3;7H,3-6H2,1-2H3;2-6H2,1H3. The highest BCUT2D eigenvalue weighted by Crippen LogP contribution is 2.13. The van der Waals surface area contributed by atoms with Crippen molar-refractivity contribution < 1.29 is 4.74 Å². The smallest absolute Gasteiger partial charge is 0.0678 e. The minimum atomic E-state index is 0.416. The molecule has 3 fully saturated rings. The molecule has 4 nitrogen and oxygen atoms in total. The number of piperidine rings is 2. The minimum absolute atomic E-state index is 0.416. The van der Waals surface area contributed by atoms with Crippen molar-refractivity contribution in [2.45, 2.75) is 65.1 Å². The monoisotopic (exact) mass is 341 g/mol. The highest BCUT2D eigenvalue weighted by atomic mass is 16.5. The maximum absolute atomic E-state index is 5.51. The molecule has 4 heteroatoms. The van der Waals surface area contributed by atoms with Gasteiger partial charge in [-0.2, -0.15) is 0 Å². The number of likely N-dealkylation sites (tertiary alicyclic amines) is 2. The lowest BCUT2D eigenvalue weighted by molar-refractivity contribution is -0.0602. The molecule has 2 unspecified atom stereocenters. The summed E-state index contributed by atoms with van der Waals surface area (Å²) in [6.07, 6.45) is 7.90. The van der Waals surface area contributed by atoms with E-state index in [1.54, 1.807) is 0 Å². The van der Waals surface area contributed by atoms with Crippen LogP contribution in [0.5, 0.6) is 0 Å². The lowest BCUT2D eigenvalue weighted by atomic mass is 10.00. The number of rotatable bonds is 0. The Hall–Kier alpha value is -0.160. The van der Waals surface area contributed by atoms with Crippen LogP contribution in [0.2, 0.25) is 0 Å². The molecule has 0 aromatic heterocycles. The van der Waals surface area contributed by atoms with Crippen molar-refractivity contribution in [2.75, 3.05) is 60.4 Å². The second-order valence-electron chi connectivity index (χ2n) is 8.33. The fourth-order valence-corrected chi connectivity index (χ4v) is 3.62. The van der Waals surface area contributed by atoms with Crippen molar-refractivity contribution in [1.29, 1.82) is 0 Å². The Morgan fingerprint density at radius 3 is 1.42 bits per heavy atom. The van der Waals surface area contributed by atoms with Gasteiger partial charge in [-0.25, -0.2) is 0 Å². The van der Waals surface area contributed by atoms with Crippen molar-refractivity contribution in [1.82, 2.24) is 14.7 Å². The highest BCUT2D eigenvalue weighted by Gasteiger charge is 2.18. The third-order valence-corrected chi connectivity index (χ3v) is 5.19. The lowest BCUT2D eigenvalue weighted by Gasteiger charge is -2.32. The predicted octanol–water partition coefficient (Wildman–Crippen LogP) is 3.18. The second-order valence-corrected chi connectivity index (χ2v) is 8.33. The maximum atomic E-state index is 5.51. The summed E-state index contributed by atoms with van der Waals surface area (Å²) < 4.78 is 5.51. The number of hydrogen-bond donors (Lipinski definition) is 0. The van der Waals surface area contributed by atoms with Gasteiger partial charge >= 0.3 is 0 Å². The predicted molar refractivity (Wildman–Crippen MR) is 105 cm³/mol. The summed E-state index contributed by atoms with van der Waals surface area (Å²) in [7, 11) is 6.53. The quantitative estimate of drug-likeness (QED) is 0.673. The van der Waals surface area contributed by atoms with Gasteiger partial charge in [0, 0.05) is 13.1 Å². The van der Waals surface area contributed by atoms with Gasteiger partial charge in [-0.15, -0.1) is 0 Å². The molecule has 0 aromatic rings. The average molecular weight is 342 g/mol. The topological polar surface area (TPSA) is 19.0 Å². The molecule has 0 radical (unpaired) electrons. The molecule has 144 valence electrons. The largest absolute Gasteiger partial charge is 0.373 e. The number of ether oxygens (including phenoxy) is 1. The summed E-state index contributed by atoms with van der Waals surface area (Å²) in [4.78, 5) is 7.10. The summed E-state index contributed by atoms with van der Waals surface area (Å²) >= 11 is 0. The Morgan fingerprint density at radius 1 is 0.625 bits per heavy atom. The number of nitrogens with zero attached hydrogens (tertiary/aromatic N) is 3. The fraction of sp³-hybridized carbons (Fsp3) is 1.00. The molecule has 3 aliphatic rings. The summed E-state index contributed by atoms with van der Waals surface area (Å²) in [5.74, 6) is 0.978. The molecule has 0 aliphatic carbocycles. The first-order chi connectivity index (χ1) is 11.4. The van der Waals surface area contributed by atoms with Crippen molar-refractivity contribution in [3.8, 4) is 0 Å². The number of likely N-dealkylation sites (N-methyl/N-ethyl adjacent to an activating group) is 1. The summed E-state index contributed by atoms with van der Waals surface area (Å²) in [6, 6.07) is 0. The van der Waals surface area contributed by atoms with Gasteiger partial charge in [-0.1, -0.05) is 13.3 Å². The van der Waals surface area contributed by atoms with E-state index in [2.05, 4.69) is 56.6 Å². The van der Waals surface area contributed by atoms with E-state index in [-0.39, 0.29) is 0 Å². The molecule has 0 bridgehead atoms. The fourth-order valence-electron chi connectivity index (χ4n) is 3.62. The van der Waals surface area contributed by atoms with Crippen molar-refractivity contribution in [2.24, 2.45) is 5.92 Å². The molecule has 3 aliphatic heterocycles. The van der Waals surface area contributed by atoms with Crippen molar-refractivity contribution in [3.05, 3.63) is 0 Å². The SMILES string of the molecule is CC1CCN(C)CC1.CC1CN(C)CC(C)O1.CN1CCCCC1. The maximum Gasteiger partial charge on any atom is 0.0678 e. The number of morpholine rings is 1. The molecule has 2 atom stereocenters. The van der Waals surface area contributed by atoms with Gasteiger partial charge in [0.25, 0.3) is 0 Å². The molecule has 3 heterocycles. The van der Waals surface area contributed by atoms with E-state index in [0.717, 1.165) is 19.0 Å². The van der Waals surface area contributed by atoms with Crippen molar-refractivity contribution >= 4 is 0 Å². The zero-order chi connectivity index (χ0) is 17.9. The molecule has 0 spiro atoms. The van der Waals surface area contributed by atoms with E-state index in [0.29, 0.717) is 12.2 Å². The molecule has 0 amide bonds. The molecule has 0 saturated carbocycles. The normalized spacial score (nSPS) is 30.8. The lowest BCUT2D eigenvalue weighted by Crippen LogP contribution is -2.42. The third kappa shape index (κ3) is 10.7. The van der Waals surface area contributed by atoms with Gasteiger partial charge in [0.2, 0.25) is 0 Å². The first kappa shape index (κ1) is 21.9. The van der Waals surface area contributed by atoms with Crippen LogP contribution >= 0.6 is 0 Å². The highest BCUT2D eigenvalue weighted by molar-refractivity contribution is 4.69. The van der Waals surface area contributed by atoms with Crippen LogP contribution in [0.15, 0.2) is 0 Å². The van der Waals surface area contributed by atoms with Gasteiger partial charge in [-0.05, 0) is 92.8 Å². The molecule has 0 N–H and O–H groups in total. The Labute approximate surface area is 151 Å². The summed E-state index contributed by atoms with van der Waals surface area (Å²) in [5, 5.41) is 0. The summed E-state index contributed by atoms with van der Waals surface area (Å²) in [6.45, 7) is 14.0. The molecule has 0 aromatic carbocycles. The van der Waals surface area contributed by atoms with Gasteiger partial charge in [0.05, 0.1) is 12.2 Å². The first-order valence-electron chi connectivity index (χ1n) is 10.1. The van der Waals surface area contributed by atoms with Gasteiger partial charge in [-0.3, -0.25) is 0 Å². The first-order valence-corrected chi connectivity index (χ1v) is 10.1. The minimum Gasteiger partial charge on any atom is -0.373 e. The van der Waals surface area contributed by atoms with Crippen LogP contribution in [0, 0.1) is 5.92 Å². The average Bonchev–Trinajstić information content (AvgIpc) is 2.51. The molecule has 3 saturated heterocycles. The van der Waals surface area contributed by atoms with E-state index < -0.39 is 0 Å². The van der Waals surface area contributed by atoms with Crippen LogP contribution in [0.4, 0.5) is 0 Å². The van der Waals surface area contributed by atoms with Crippen LogP contribution in [-0.4, -0.2) is 87.3 Å². The second kappa shape index (κ2) is 12.2. The van der Waals surface area contributed by atoms with Crippen LogP contribution in [0.1, 0.15) is 52.9 Å². The van der Waals surface area contributed by atoms with Gasteiger partial charge in [0.15, 0.2) is 0 Å². The Morgan fingerprint density at radius 2 is 1.08 bits per heavy atom. The molecular formula is C20H43N3O. The molecule has 24 heavy (non-hydrogen) atoms. The Kier molecular flexibility index (Phi) is 11.2. The van der Waals surface area contributed by atoms with Crippen LogP contribution < -0.4 is 0 Å². The molecule has 3 rings (SSSR count). The third-order valence-electron chi connectivity index (χ3n) is 5.19. The Bertz CT molecular complexity index is 264. The molecular weight excluding hydrogens is 298 g/mol. The van der Waals surface area contributed by atoms with Crippen LogP contribution in [-0.2, 0) is 4.74 Å². The number of hydrogen-bond acceptors (Lipinski definition) is 4. The van der Waals surface area contributed by atoms with E-state index in [9.17, 15) is 0 Å². The van der Waals surface area contributed by atoms with E-state index >= 15 is 0 Å². The van der Waals surface area contributed by atoms with E-state index in [4.69, 9.17) is 4.74 Å². The van der Waals surface area contributed by atoms with E-state index in [1.807, 2.05) is 0 Å². The van der Waals surface area contributed by atoms with Crippen molar-refractivity contribution in [3.63, 3.8) is 0 Å². The zero-order valence-corrected chi connectivity index (χ0v) is 17.3. The van der Waals surface area contributed by atoms with Crippen LogP contribution in [0.3, 0.4) is 0 Å². The summed E-state index contributed by atoms with van der Waals surface area (Å²) in [5.41, 5.74) is 0. The van der Waals surface area contributed by atoms with Gasteiger partial charge in [0.1, 0.15) is 0 Å². The van der Waals surface area contributed by atoms with Gasteiger partial charge < -0.3 is 19.4 Å². The Balaban J connectivity index is 0.000000181. The van der Waals surface area contributed by atoms with E-state index in [1.165, 1.54) is 58.3 Å².